The molecule has 1 atom stereocenters. The van der Waals surface area contributed by atoms with Crippen LogP contribution < -0.4 is 0 Å². The summed E-state index contributed by atoms with van der Waals surface area (Å²) in [4.78, 5) is 11.5. The lowest BCUT2D eigenvalue weighted by Gasteiger charge is -2.10. The third-order valence-corrected chi connectivity index (χ3v) is 3.22. The van der Waals surface area contributed by atoms with Crippen molar-refractivity contribution in [2.45, 2.75) is 65.2 Å². The van der Waals surface area contributed by atoms with Crippen molar-refractivity contribution >= 4 is 5.97 Å². The molecule has 0 saturated carbocycles. The van der Waals surface area contributed by atoms with Gasteiger partial charge in [0, 0.05) is 0 Å². The van der Waals surface area contributed by atoms with Crippen LogP contribution in [0.2, 0.25) is 0 Å². The average molecular weight is 224 g/mol. The molecule has 1 rings (SSSR count). The molecule has 0 spiro atoms. The molecular formula is C14H24O2. The zero-order valence-corrected chi connectivity index (χ0v) is 10.6. The SMILES string of the molecule is CCCCCC1=COC(=O)C1CCCCC. The number of rotatable bonds is 8. The van der Waals surface area contributed by atoms with E-state index in [4.69, 9.17) is 4.74 Å². The van der Waals surface area contributed by atoms with E-state index >= 15 is 0 Å². The molecule has 0 fully saturated rings. The van der Waals surface area contributed by atoms with Gasteiger partial charge in [0.05, 0.1) is 12.2 Å². The van der Waals surface area contributed by atoms with Crippen LogP contribution in [0.25, 0.3) is 0 Å². The lowest BCUT2D eigenvalue weighted by molar-refractivity contribution is -0.139. The number of carbonyl (C=O) groups is 1. The molecule has 0 aromatic carbocycles. The Morgan fingerprint density at radius 2 is 1.81 bits per heavy atom. The van der Waals surface area contributed by atoms with Gasteiger partial charge in [-0.15, -0.1) is 0 Å². The van der Waals surface area contributed by atoms with Crippen molar-refractivity contribution in [2.75, 3.05) is 0 Å². The number of hydrogen-bond acceptors (Lipinski definition) is 2. The molecular weight excluding hydrogens is 200 g/mol. The van der Waals surface area contributed by atoms with E-state index in [1.54, 1.807) is 6.26 Å². The number of ether oxygens (including phenoxy) is 1. The van der Waals surface area contributed by atoms with Crippen LogP contribution in [0.3, 0.4) is 0 Å². The van der Waals surface area contributed by atoms with Gasteiger partial charge in [-0.3, -0.25) is 4.79 Å². The second kappa shape index (κ2) is 7.48. The van der Waals surface area contributed by atoms with Gasteiger partial charge in [-0.25, -0.2) is 0 Å². The summed E-state index contributed by atoms with van der Waals surface area (Å²) in [6.07, 6.45) is 10.9. The molecule has 2 heteroatoms. The summed E-state index contributed by atoms with van der Waals surface area (Å²) in [7, 11) is 0. The standard InChI is InChI=1S/C14H24O2/c1-3-5-7-9-12-11-16-14(15)13(12)10-8-6-4-2/h11,13H,3-10H2,1-2H3. The van der Waals surface area contributed by atoms with Crippen LogP contribution in [0.4, 0.5) is 0 Å². The van der Waals surface area contributed by atoms with Crippen molar-refractivity contribution in [1.82, 2.24) is 0 Å². The van der Waals surface area contributed by atoms with Crippen LogP contribution in [0.1, 0.15) is 65.2 Å². The molecule has 0 saturated heterocycles. The molecule has 0 amide bonds. The summed E-state index contributed by atoms with van der Waals surface area (Å²) >= 11 is 0. The van der Waals surface area contributed by atoms with Crippen LogP contribution in [0.5, 0.6) is 0 Å². The summed E-state index contributed by atoms with van der Waals surface area (Å²) in [6, 6.07) is 0. The minimum absolute atomic E-state index is 0.0254. The average Bonchev–Trinajstić information content (AvgIpc) is 2.62. The third kappa shape index (κ3) is 3.99. The Labute approximate surface area is 99.1 Å². The minimum atomic E-state index is -0.0254. The highest BCUT2D eigenvalue weighted by molar-refractivity contribution is 5.78. The number of cyclic esters (lactones) is 1. The second-order valence-corrected chi connectivity index (χ2v) is 4.64. The Kier molecular flexibility index (Phi) is 6.20. The van der Waals surface area contributed by atoms with Gasteiger partial charge in [-0.1, -0.05) is 46.0 Å². The van der Waals surface area contributed by atoms with E-state index in [9.17, 15) is 4.79 Å². The highest BCUT2D eigenvalue weighted by Crippen LogP contribution is 2.29. The van der Waals surface area contributed by atoms with Crippen molar-refractivity contribution in [1.29, 1.82) is 0 Å². The summed E-state index contributed by atoms with van der Waals surface area (Å²) < 4.78 is 5.04. The largest absolute Gasteiger partial charge is 0.434 e. The number of carbonyl (C=O) groups excluding carboxylic acids is 1. The van der Waals surface area contributed by atoms with Crippen LogP contribution in [0.15, 0.2) is 11.8 Å². The lowest BCUT2D eigenvalue weighted by atomic mass is 9.91. The van der Waals surface area contributed by atoms with Crippen LogP contribution >= 0.6 is 0 Å². The highest BCUT2D eigenvalue weighted by Gasteiger charge is 2.28. The van der Waals surface area contributed by atoms with Gasteiger partial charge in [-0.2, -0.15) is 0 Å². The molecule has 16 heavy (non-hydrogen) atoms. The molecule has 1 aliphatic heterocycles. The molecule has 1 aliphatic rings. The van der Waals surface area contributed by atoms with Gasteiger partial charge in [0.25, 0.3) is 0 Å². The summed E-state index contributed by atoms with van der Waals surface area (Å²) in [5.74, 6) is 0.0472. The Morgan fingerprint density at radius 3 is 2.50 bits per heavy atom. The van der Waals surface area contributed by atoms with Crippen molar-refractivity contribution < 1.29 is 9.53 Å². The fraction of sp³-hybridized carbons (Fsp3) is 0.786. The maximum Gasteiger partial charge on any atom is 0.318 e. The molecule has 0 bridgehead atoms. The van der Waals surface area contributed by atoms with Crippen LogP contribution in [-0.2, 0) is 9.53 Å². The van der Waals surface area contributed by atoms with Crippen molar-refractivity contribution in [3.8, 4) is 0 Å². The lowest BCUT2D eigenvalue weighted by Crippen LogP contribution is -2.11. The normalized spacial score (nSPS) is 19.8. The Morgan fingerprint density at radius 1 is 1.12 bits per heavy atom. The first-order valence-electron chi connectivity index (χ1n) is 6.69. The molecule has 2 nitrogen and oxygen atoms in total. The van der Waals surface area contributed by atoms with E-state index in [1.165, 1.54) is 37.7 Å². The topological polar surface area (TPSA) is 26.3 Å². The first-order valence-corrected chi connectivity index (χ1v) is 6.69. The predicted octanol–water partition coefficient (Wildman–Crippen LogP) is 4.20. The number of hydrogen-bond donors (Lipinski definition) is 0. The van der Waals surface area contributed by atoms with Gasteiger partial charge < -0.3 is 4.74 Å². The monoisotopic (exact) mass is 224 g/mol. The highest BCUT2D eigenvalue weighted by atomic mass is 16.5. The Hall–Kier alpha value is -0.790. The zero-order chi connectivity index (χ0) is 11.8. The van der Waals surface area contributed by atoms with E-state index in [2.05, 4.69) is 13.8 Å². The number of esters is 1. The van der Waals surface area contributed by atoms with E-state index in [1.807, 2.05) is 0 Å². The maximum absolute atomic E-state index is 11.5. The Bertz CT molecular complexity index is 243. The van der Waals surface area contributed by atoms with Crippen molar-refractivity contribution in [2.24, 2.45) is 5.92 Å². The quantitative estimate of drug-likeness (QED) is 0.456. The van der Waals surface area contributed by atoms with Crippen molar-refractivity contribution in [3.63, 3.8) is 0 Å². The summed E-state index contributed by atoms with van der Waals surface area (Å²) in [5, 5.41) is 0. The van der Waals surface area contributed by atoms with Crippen LogP contribution in [-0.4, -0.2) is 5.97 Å². The fourth-order valence-corrected chi connectivity index (χ4v) is 2.16. The fourth-order valence-electron chi connectivity index (χ4n) is 2.16. The van der Waals surface area contributed by atoms with Gasteiger partial charge in [0.2, 0.25) is 0 Å². The first-order chi connectivity index (χ1) is 7.79. The molecule has 0 aromatic heterocycles. The van der Waals surface area contributed by atoms with Crippen molar-refractivity contribution in [3.05, 3.63) is 11.8 Å². The zero-order valence-electron chi connectivity index (χ0n) is 10.6. The molecule has 0 radical (unpaired) electrons. The molecule has 1 unspecified atom stereocenters. The van der Waals surface area contributed by atoms with Crippen LogP contribution in [0, 0.1) is 5.92 Å². The summed E-state index contributed by atoms with van der Waals surface area (Å²) in [6.45, 7) is 4.38. The summed E-state index contributed by atoms with van der Waals surface area (Å²) in [5.41, 5.74) is 1.23. The molecule has 92 valence electrons. The third-order valence-electron chi connectivity index (χ3n) is 3.22. The van der Waals surface area contributed by atoms with E-state index in [0.29, 0.717) is 0 Å². The molecule has 0 aliphatic carbocycles. The van der Waals surface area contributed by atoms with E-state index in [0.717, 1.165) is 19.3 Å². The Balaban J connectivity index is 2.33. The van der Waals surface area contributed by atoms with Gasteiger partial charge in [-0.05, 0) is 24.8 Å². The van der Waals surface area contributed by atoms with E-state index in [-0.39, 0.29) is 11.9 Å². The molecule has 0 aromatic rings. The smallest absolute Gasteiger partial charge is 0.318 e. The second-order valence-electron chi connectivity index (χ2n) is 4.64. The first kappa shape index (κ1) is 13.3. The van der Waals surface area contributed by atoms with Gasteiger partial charge in [0.1, 0.15) is 0 Å². The molecule has 0 N–H and O–H groups in total. The predicted molar refractivity (Wildman–Crippen MR) is 65.9 cm³/mol. The maximum atomic E-state index is 11.5. The molecule has 1 heterocycles. The number of unbranched alkanes of at least 4 members (excludes halogenated alkanes) is 4. The van der Waals surface area contributed by atoms with E-state index < -0.39 is 0 Å². The van der Waals surface area contributed by atoms with Gasteiger partial charge >= 0.3 is 5.97 Å². The van der Waals surface area contributed by atoms with Gasteiger partial charge in [0.15, 0.2) is 0 Å². The minimum Gasteiger partial charge on any atom is -0.434 e.